The molecule has 2 rings (SSSR count). The summed E-state index contributed by atoms with van der Waals surface area (Å²) in [5.41, 5.74) is 0. The van der Waals surface area contributed by atoms with Crippen molar-refractivity contribution in [1.82, 2.24) is 10.2 Å². The number of nitrogens with zero attached hydrogens (tertiary/aromatic N) is 1. The zero-order valence-corrected chi connectivity index (χ0v) is 9.82. The van der Waals surface area contributed by atoms with Gasteiger partial charge in [0.25, 0.3) is 0 Å². The van der Waals surface area contributed by atoms with Gasteiger partial charge in [-0.2, -0.15) is 0 Å². The van der Waals surface area contributed by atoms with Crippen LogP contribution in [0.5, 0.6) is 0 Å². The number of nitrogens with one attached hydrogen (secondary N) is 1. The van der Waals surface area contributed by atoms with Crippen LogP contribution in [0.1, 0.15) is 18.4 Å². The highest BCUT2D eigenvalue weighted by atomic mass is 16.3. The van der Waals surface area contributed by atoms with Crippen molar-refractivity contribution in [3.05, 3.63) is 23.7 Å². The predicted molar refractivity (Wildman–Crippen MR) is 61.2 cm³/mol. The van der Waals surface area contributed by atoms with Crippen molar-refractivity contribution in [2.45, 2.75) is 26.3 Å². The number of amides is 1. The molecule has 0 radical (unpaired) electrons. The molecule has 2 heterocycles. The van der Waals surface area contributed by atoms with E-state index in [1.165, 1.54) is 0 Å². The Morgan fingerprint density at radius 3 is 3.06 bits per heavy atom. The first-order chi connectivity index (χ1) is 7.66. The minimum atomic E-state index is 0.156. The highest BCUT2D eigenvalue weighted by Crippen LogP contribution is 2.10. The summed E-state index contributed by atoms with van der Waals surface area (Å²) in [5.74, 6) is 1.77. The van der Waals surface area contributed by atoms with Crippen molar-refractivity contribution in [1.29, 1.82) is 0 Å². The van der Waals surface area contributed by atoms with Gasteiger partial charge in [-0.1, -0.05) is 0 Å². The summed E-state index contributed by atoms with van der Waals surface area (Å²) in [6.07, 6.45) is 0.373. The van der Waals surface area contributed by atoms with Crippen LogP contribution in [0, 0.1) is 6.92 Å². The lowest BCUT2D eigenvalue weighted by atomic mass is 10.2. The molecule has 0 aromatic carbocycles. The quantitative estimate of drug-likeness (QED) is 0.810. The van der Waals surface area contributed by atoms with E-state index in [1.54, 1.807) is 0 Å². The van der Waals surface area contributed by atoms with Gasteiger partial charge in [-0.05, 0) is 26.0 Å². The van der Waals surface area contributed by atoms with Crippen molar-refractivity contribution in [3.63, 3.8) is 0 Å². The van der Waals surface area contributed by atoms with E-state index < -0.39 is 0 Å². The number of piperazine rings is 1. The standard InChI is InChI=1S/C12H18N2O2/c1-9-8-13-5-6-14(9)12(15)7-11-4-3-10(2)16-11/h3-4,9,13H,5-8H2,1-2H3. The summed E-state index contributed by atoms with van der Waals surface area (Å²) in [5, 5.41) is 3.27. The fourth-order valence-corrected chi connectivity index (χ4v) is 2.04. The maximum Gasteiger partial charge on any atom is 0.230 e. The van der Waals surface area contributed by atoms with E-state index in [9.17, 15) is 4.79 Å². The average Bonchev–Trinajstić information content (AvgIpc) is 2.64. The molecule has 1 N–H and O–H groups in total. The van der Waals surface area contributed by atoms with Crippen molar-refractivity contribution in [2.24, 2.45) is 0 Å². The number of carbonyl (C=O) groups excluding carboxylic acids is 1. The zero-order valence-electron chi connectivity index (χ0n) is 9.82. The maximum atomic E-state index is 12.0. The second-order valence-corrected chi connectivity index (χ2v) is 4.33. The summed E-state index contributed by atoms with van der Waals surface area (Å²) in [4.78, 5) is 14.0. The van der Waals surface area contributed by atoms with Gasteiger partial charge in [0.1, 0.15) is 11.5 Å². The van der Waals surface area contributed by atoms with E-state index in [0.717, 1.165) is 31.2 Å². The molecule has 0 spiro atoms. The molecule has 1 aliphatic rings. The first-order valence-electron chi connectivity index (χ1n) is 5.72. The number of aryl methyl sites for hydroxylation is 1. The first-order valence-corrected chi connectivity index (χ1v) is 5.72. The smallest absolute Gasteiger partial charge is 0.230 e. The van der Waals surface area contributed by atoms with Crippen LogP contribution in [0.25, 0.3) is 0 Å². The lowest BCUT2D eigenvalue weighted by Gasteiger charge is -2.33. The Kier molecular flexibility index (Phi) is 3.29. The van der Waals surface area contributed by atoms with Crippen LogP contribution in [0.3, 0.4) is 0 Å². The van der Waals surface area contributed by atoms with Gasteiger partial charge in [-0.15, -0.1) is 0 Å². The molecular weight excluding hydrogens is 204 g/mol. The lowest BCUT2D eigenvalue weighted by molar-refractivity contribution is -0.133. The van der Waals surface area contributed by atoms with E-state index >= 15 is 0 Å². The summed E-state index contributed by atoms with van der Waals surface area (Å²) >= 11 is 0. The molecule has 1 atom stereocenters. The van der Waals surface area contributed by atoms with Gasteiger partial charge < -0.3 is 14.6 Å². The minimum absolute atomic E-state index is 0.156. The summed E-state index contributed by atoms with van der Waals surface area (Å²) in [6, 6.07) is 4.04. The lowest BCUT2D eigenvalue weighted by Crippen LogP contribution is -2.52. The van der Waals surface area contributed by atoms with E-state index in [0.29, 0.717) is 6.42 Å². The van der Waals surface area contributed by atoms with Gasteiger partial charge in [0.05, 0.1) is 6.42 Å². The Balaban J connectivity index is 1.96. The second-order valence-electron chi connectivity index (χ2n) is 4.33. The van der Waals surface area contributed by atoms with E-state index in [1.807, 2.05) is 24.0 Å². The average molecular weight is 222 g/mol. The minimum Gasteiger partial charge on any atom is -0.466 e. The zero-order chi connectivity index (χ0) is 11.5. The second kappa shape index (κ2) is 4.70. The monoisotopic (exact) mass is 222 g/mol. The fraction of sp³-hybridized carbons (Fsp3) is 0.583. The Bertz CT molecular complexity index is 373. The van der Waals surface area contributed by atoms with Crippen LogP contribution in [-0.4, -0.2) is 36.5 Å². The van der Waals surface area contributed by atoms with Crippen LogP contribution >= 0.6 is 0 Å². The largest absolute Gasteiger partial charge is 0.466 e. The third kappa shape index (κ3) is 2.44. The number of carbonyl (C=O) groups is 1. The van der Waals surface area contributed by atoms with Crippen molar-refractivity contribution >= 4 is 5.91 Å². The van der Waals surface area contributed by atoms with Crippen LogP contribution in [0.2, 0.25) is 0 Å². The number of rotatable bonds is 2. The Morgan fingerprint density at radius 2 is 2.44 bits per heavy atom. The molecule has 1 amide bonds. The van der Waals surface area contributed by atoms with Crippen molar-refractivity contribution in [3.8, 4) is 0 Å². The molecule has 0 aliphatic carbocycles. The molecular formula is C12H18N2O2. The molecule has 1 aliphatic heterocycles. The Hall–Kier alpha value is -1.29. The SMILES string of the molecule is Cc1ccc(CC(=O)N2CCNCC2C)o1. The molecule has 1 saturated heterocycles. The third-order valence-electron chi connectivity index (χ3n) is 2.94. The van der Waals surface area contributed by atoms with Gasteiger partial charge in [-0.25, -0.2) is 0 Å². The van der Waals surface area contributed by atoms with Gasteiger partial charge in [-0.3, -0.25) is 4.79 Å². The van der Waals surface area contributed by atoms with Gasteiger partial charge in [0.2, 0.25) is 5.91 Å². The molecule has 4 heteroatoms. The topological polar surface area (TPSA) is 45.5 Å². The molecule has 16 heavy (non-hydrogen) atoms. The summed E-state index contributed by atoms with van der Waals surface area (Å²) < 4.78 is 5.42. The van der Waals surface area contributed by atoms with Gasteiger partial charge >= 0.3 is 0 Å². The third-order valence-corrected chi connectivity index (χ3v) is 2.94. The first kappa shape index (κ1) is 11.2. The fourth-order valence-electron chi connectivity index (χ4n) is 2.04. The van der Waals surface area contributed by atoms with E-state index in [2.05, 4.69) is 12.2 Å². The van der Waals surface area contributed by atoms with E-state index in [4.69, 9.17) is 4.42 Å². The molecule has 1 aromatic rings. The highest BCUT2D eigenvalue weighted by Gasteiger charge is 2.23. The molecule has 1 fully saturated rings. The number of furan rings is 1. The Morgan fingerprint density at radius 1 is 1.62 bits per heavy atom. The molecule has 88 valence electrons. The highest BCUT2D eigenvalue weighted by molar-refractivity contribution is 5.78. The van der Waals surface area contributed by atoms with Crippen LogP contribution < -0.4 is 5.32 Å². The molecule has 0 saturated carbocycles. The van der Waals surface area contributed by atoms with Crippen molar-refractivity contribution < 1.29 is 9.21 Å². The van der Waals surface area contributed by atoms with Crippen LogP contribution in [0.15, 0.2) is 16.5 Å². The maximum absolute atomic E-state index is 12.0. The summed E-state index contributed by atoms with van der Waals surface area (Å²) in [6.45, 7) is 6.51. The normalized spacial score (nSPS) is 21.1. The van der Waals surface area contributed by atoms with Crippen molar-refractivity contribution in [2.75, 3.05) is 19.6 Å². The van der Waals surface area contributed by atoms with Crippen LogP contribution in [-0.2, 0) is 11.2 Å². The Labute approximate surface area is 95.6 Å². The molecule has 1 unspecified atom stereocenters. The van der Waals surface area contributed by atoms with Gasteiger partial charge in [0.15, 0.2) is 0 Å². The predicted octanol–water partition coefficient (Wildman–Crippen LogP) is 0.951. The molecule has 0 bridgehead atoms. The van der Waals surface area contributed by atoms with Crippen LogP contribution in [0.4, 0.5) is 0 Å². The molecule has 4 nitrogen and oxygen atoms in total. The molecule has 1 aromatic heterocycles. The number of hydrogen-bond donors (Lipinski definition) is 1. The van der Waals surface area contributed by atoms with Gasteiger partial charge in [0, 0.05) is 25.7 Å². The van der Waals surface area contributed by atoms with E-state index in [-0.39, 0.29) is 11.9 Å². The number of hydrogen-bond acceptors (Lipinski definition) is 3. The summed E-state index contributed by atoms with van der Waals surface area (Å²) in [7, 11) is 0.